The topological polar surface area (TPSA) is 127 Å². The third-order valence-corrected chi connectivity index (χ3v) is 3.28. The molecular weight excluding hydrogens is 308 g/mol. The van der Waals surface area contributed by atoms with Gasteiger partial charge in [-0.1, -0.05) is 0 Å². The van der Waals surface area contributed by atoms with Gasteiger partial charge in [0.05, 0.1) is 5.56 Å². The first-order valence-electron chi connectivity index (χ1n) is 7.09. The van der Waals surface area contributed by atoms with Crippen molar-refractivity contribution in [3.63, 3.8) is 0 Å². The number of carbonyl (C=O) groups is 2. The van der Waals surface area contributed by atoms with Crippen molar-refractivity contribution in [3.8, 4) is 11.4 Å². The van der Waals surface area contributed by atoms with Crippen LogP contribution in [0.4, 0.5) is 5.69 Å². The number of nitrogens with one attached hydrogen (secondary N) is 2. The number of primary amides is 1. The molecule has 0 saturated heterocycles. The molecule has 8 nitrogen and oxygen atoms in total. The summed E-state index contributed by atoms with van der Waals surface area (Å²) in [6.07, 6.45) is 1.27. The van der Waals surface area contributed by atoms with Gasteiger partial charge in [0.15, 0.2) is 5.82 Å². The van der Waals surface area contributed by atoms with Crippen molar-refractivity contribution in [1.82, 2.24) is 20.2 Å². The lowest BCUT2D eigenvalue weighted by Crippen LogP contribution is -2.15. The molecule has 0 spiro atoms. The first-order valence-corrected chi connectivity index (χ1v) is 7.09. The minimum absolute atomic E-state index is 0.189. The highest BCUT2D eigenvalue weighted by Gasteiger charge is 2.10. The predicted molar refractivity (Wildman–Crippen MR) is 87.3 cm³/mol. The summed E-state index contributed by atoms with van der Waals surface area (Å²) in [4.78, 5) is 31.3. The summed E-state index contributed by atoms with van der Waals surface area (Å²) >= 11 is 0. The molecule has 1 aromatic carbocycles. The van der Waals surface area contributed by atoms with E-state index in [1.54, 1.807) is 12.1 Å². The number of aromatic amines is 1. The van der Waals surface area contributed by atoms with E-state index >= 15 is 0 Å². The lowest BCUT2D eigenvalue weighted by Gasteiger charge is -2.05. The molecule has 3 aromatic rings. The number of nitrogens with two attached hydrogens (primary N) is 1. The molecule has 24 heavy (non-hydrogen) atoms. The molecule has 2 heterocycles. The number of benzene rings is 1. The van der Waals surface area contributed by atoms with Crippen molar-refractivity contribution in [2.24, 2.45) is 5.73 Å². The van der Waals surface area contributed by atoms with Crippen molar-refractivity contribution in [3.05, 3.63) is 59.7 Å². The van der Waals surface area contributed by atoms with E-state index in [0.29, 0.717) is 11.5 Å². The van der Waals surface area contributed by atoms with E-state index in [4.69, 9.17) is 5.73 Å². The van der Waals surface area contributed by atoms with Crippen LogP contribution in [-0.4, -0.2) is 32.0 Å². The fourth-order valence-corrected chi connectivity index (χ4v) is 2.04. The molecule has 0 atom stereocenters. The molecule has 0 aliphatic rings. The fourth-order valence-electron chi connectivity index (χ4n) is 2.04. The monoisotopic (exact) mass is 322 g/mol. The van der Waals surface area contributed by atoms with Gasteiger partial charge in [0.25, 0.3) is 5.91 Å². The van der Waals surface area contributed by atoms with Gasteiger partial charge in [-0.05, 0) is 43.3 Å². The molecule has 0 bridgehead atoms. The Morgan fingerprint density at radius 2 is 1.88 bits per heavy atom. The molecule has 0 saturated carbocycles. The standard InChI is InChI=1S/C16H14N6O2/c1-9-19-15(22-21-9)10-2-5-12(6-3-10)20-16(24)13-7-4-11(8-18-13)14(17)23/h2-8H,1H3,(H2,17,23)(H,20,24)(H,19,21,22). The molecule has 8 heteroatoms. The quantitative estimate of drug-likeness (QED) is 0.671. The predicted octanol–water partition coefficient (Wildman–Crippen LogP) is 1.53. The van der Waals surface area contributed by atoms with Crippen LogP contribution in [0.1, 0.15) is 26.7 Å². The maximum Gasteiger partial charge on any atom is 0.274 e. The largest absolute Gasteiger partial charge is 0.366 e. The summed E-state index contributed by atoms with van der Waals surface area (Å²) in [6, 6.07) is 10.0. The Bertz CT molecular complexity index is 884. The SMILES string of the molecule is Cc1nc(-c2ccc(NC(=O)c3ccc(C(N)=O)cn3)cc2)n[nH]1. The molecule has 4 N–H and O–H groups in total. The molecule has 0 aliphatic carbocycles. The number of anilines is 1. The maximum atomic E-state index is 12.1. The van der Waals surface area contributed by atoms with Crippen LogP contribution in [0.3, 0.4) is 0 Å². The first-order chi connectivity index (χ1) is 11.5. The second-order valence-corrected chi connectivity index (χ2v) is 5.07. The van der Waals surface area contributed by atoms with Crippen molar-refractivity contribution in [2.75, 3.05) is 5.32 Å². The zero-order valence-corrected chi connectivity index (χ0v) is 12.8. The highest BCUT2D eigenvalue weighted by molar-refractivity contribution is 6.03. The Labute approximate surface area is 137 Å². The van der Waals surface area contributed by atoms with Gasteiger partial charge in [0, 0.05) is 17.4 Å². The Morgan fingerprint density at radius 3 is 2.42 bits per heavy atom. The molecule has 0 aliphatic heterocycles. The van der Waals surface area contributed by atoms with Crippen molar-refractivity contribution in [1.29, 1.82) is 0 Å². The zero-order chi connectivity index (χ0) is 17.1. The second kappa shape index (κ2) is 6.29. The van der Waals surface area contributed by atoms with E-state index in [0.717, 1.165) is 11.4 Å². The van der Waals surface area contributed by atoms with Gasteiger partial charge in [-0.25, -0.2) is 4.98 Å². The number of hydrogen-bond donors (Lipinski definition) is 3. The molecule has 0 unspecified atom stereocenters. The number of carbonyl (C=O) groups excluding carboxylic acids is 2. The average Bonchev–Trinajstić information content (AvgIpc) is 3.02. The number of nitrogens with zero attached hydrogens (tertiary/aromatic N) is 3. The number of rotatable bonds is 4. The number of aryl methyl sites for hydroxylation is 1. The Hall–Kier alpha value is -3.55. The number of aromatic nitrogens is 4. The third kappa shape index (κ3) is 3.27. The summed E-state index contributed by atoms with van der Waals surface area (Å²) in [5.41, 5.74) is 7.01. The molecule has 120 valence electrons. The second-order valence-electron chi connectivity index (χ2n) is 5.07. The van der Waals surface area contributed by atoms with Crippen LogP contribution in [0.2, 0.25) is 0 Å². The third-order valence-electron chi connectivity index (χ3n) is 3.28. The summed E-state index contributed by atoms with van der Waals surface area (Å²) < 4.78 is 0. The van der Waals surface area contributed by atoms with Gasteiger partial charge in [-0.15, -0.1) is 0 Å². The minimum atomic E-state index is -0.591. The molecule has 3 rings (SSSR count). The summed E-state index contributed by atoms with van der Waals surface area (Å²) in [5, 5.41) is 9.58. The Kier molecular flexibility index (Phi) is 4.02. The number of hydrogen-bond acceptors (Lipinski definition) is 5. The van der Waals surface area contributed by atoms with Crippen LogP contribution in [0, 0.1) is 6.92 Å². The van der Waals surface area contributed by atoms with Crippen molar-refractivity contribution < 1.29 is 9.59 Å². The minimum Gasteiger partial charge on any atom is -0.366 e. The van der Waals surface area contributed by atoms with Gasteiger partial charge >= 0.3 is 0 Å². The van der Waals surface area contributed by atoms with Gasteiger partial charge in [0.1, 0.15) is 11.5 Å². The van der Waals surface area contributed by atoms with Gasteiger partial charge in [-0.2, -0.15) is 5.10 Å². The number of amides is 2. The Morgan fingerprint density at radius 1 is 1.12 bits per heavy atom. The van der Waals surface area contributed by atoms with E-state index in [2.05, 4.69) is 25.5 Å². The smallest absolute Gasteiger partial charge is 0.274 e. The highest BCUT2D eigenvalue weighted by Crippen LogP contribution is 2.18. The molecule has 0 radical (unpaired) electrons. The lowest BCUT2D eigenvalue weighted by atomic mass is 10.2. The van der Waals surface area contributed by atoms with E-state index < -0.39 is 5.91 Å². The van der Waals surface area contributed by atoms with Crippen LogP contribution in [0.5, 0.6) is 0 Å². The van der Waals surface area contributed by atoms with Crippen LogP contribution >= 0.6 is 0 Å². The first kappa shape index (κ1) is 15.3. The van der Waals surface area contributed by atoms with Gasteiger partial charge < -0.3 is 11.1 Å². The van der Waals surface area contributed by atoms with E-state index in [-0.39, 0.29) is 17.2 Å². The lowest BCUT2D eigenvalue weighted by molar-refractivity contribution is 0.0993. The van der Waals surface area contributed by atoms with Gasteiger partial charge in [0.2, 0.25) is 5.91 Å². The normalized spacial score (nSPS) is 10.4. The van der Waals surface area contributed by atoms with E-state index in [1.807, 2.05) is 19.1 Å². The Balaban J connectivity index is 1.71. The molecule has 2 aromatic heterocycles. The number of H-pyrrole nitrogens is 1. The molecular formula is C16H14N6O2. The van der Waals surface area contributed by atoms with E-state index in [9.17, 15) is 9.59 Å². The van der Waals surface area contributed by atoms with Crippen LogP contribution in [0.25, 0.3) is 11.4 Å². The molecule has 2 amide bonds. The van der Waals surface area contributed by atoms with E-state index in [1.165, 1.54) is 18.3 Å². The fraction of sp³-hybridized carbons (Fsp3) is 0.0625. The van der Waals surface area contributed by atoms with Crippen LogP contribution in [-0.2, 0) is 0 Å². The summed E-state index contributed by atoms with van der Waals surface area (Å²) in [6.45, 7) is 1.82. The number of pyridine rings is 1. The summed E-state index contributed by atoms with van der Waals surface area (Å²) in [7, 11) is 0. The van der Waals surface area contributed by atoms with Crippen molar-refractivity contribution >= 4 is 17.5 Å². The van der Waals surface area contributed by atoms with Crippen LogP contribution in [0.15, 0.2) is 42.6 Å². The highest BCUT2D eigenvalue weighted by atomic mass is 16.2. The van der Waals surface area contributed by atoms with Gasteiger partial charge in [-0.3, -0.25) is 19.7 Å². The summed E-state index contributed by atoms with van der Waals surface area (Å²) in [5.74, 6) is 0.349. The average molecular weight is 322 g/mol. The molecule has 0 fully saturated rings. The zero-order valence-electron chi connectivity index (χ0n) is 12.8. The van der Waals surface area contributed by atoms with Crippen LogP contribution < -0.4 is 11.1 Å². The maximum absolute atomic E-state index is 12.1. The van der Waals surface area contributed by atoms with Crippen molar-refractivity contribution in [2.45, 2.75) is 6.92 Å².